The Morgan fingerprint density at radius 2 is 1.95 bits per heavy atom. The van der Waals surface area contributed by atoms with Crippen molar-refractivity contribution in [1.82, 2.24) is 15.3 Å². The number of carbonyl (C=O) groups excluding carboxylic acids is 1. The van der Waals surface area contributed by atoms with Crippen LogP contribution in [0.25, 0.3) is 0 Å². The van der Waals surface area contributed by atoms with Crippen LogP contribution in [-0.2, 0) is 11.3 Å². The zero-order chi connectivity index (χ0) is 14.4. The molecule has 0 atom stereocenters. The lowest BCUT2D eigenvalue weighted by molar-refractivity contribution is -0.115. The van der Waals surface area contributed by atoms with Crippen molar-refractivity contribution in [1.29, 1.82) is 0 Å². The highest BCUT2D eigenvalue weighted by Crippen LogP contribution is 2.12. The first-order valence-corrected chi connectivity index (χ1v) is 6.55. The number of nitrogens with one attached hydrogen (secondary N) is 2. The monoisotopic (exact) mass is 290 g/mol. The highest BCUT2D eigenvalue weighted by molar-refractivity contribution is 6.30. The number of halogens is 1. The lowest BCUT2D eigenvalue weighted by atomic mass is 10.3. The average Bonchev–Trinajstić information content (AvgIpc) is 2.44. The molecule has 0 radical (unpaired) electrons. The van der Waals surface area contributed by atoms with Crippen LogP contribution in [0.4, 0.5) is 5.69 Å². The molecule has 0 saturated carbocycles. The van der Waals surface area contributed by atoms with Crippen LogP contribution in [-0.4, -0.2) is 22.4 Å². The van der Waals surface area contributed by atoms with Crippen molar-refractivity contribution in [2.75, 3.05) is 11.9 Å². The van der Waals surface area contributed by atoms with Crippen molar-refractivity contribution < 1.29 is 4.79 Å². The fourth-order valence-corrected chi connectivity index (χ4v) is 1.68. The van der Waals surface area contributed by atoms with Gasteiger partial charge in [0.25, 0.3) is 0 Å². The second-order valence-electron chi connectivity index (χ2n) is 4.31. The van der Waals surface area contributed by atoms with E-state index in [1.54, 1.807) is 36.7 Å². The molecule has 1 aromatic heterocycles. The van der Waals surface area contributed by atoms with Gasteiger partial charge in [0.15, 0.2) is 0 Å². The van der Waals surface area contributed by atoms with E-state index in [4.69, 9.17) is 11.6 Å². The van der Waals surface area contributed by atoms with Gasteiger partial charge in [-0.25, -0.2) is 0 Å². The summed E-state index contributed by atoms with van der Waals surface area (Å²) in [5, 5.41) is 6.42. The van der Waals surface area contributed by atoms with Gasteiger partial charge in [-0.05, 0) is 31.2 Å². The molecular weight excluding hydrogens is 276 g/mol. The van der Waals surface area contributed by atoms with Crippen LogP contribution in [0.5, 0.6) is 0 Å². The fourth-order valence-electron chi connectivity index (χ4n) is 1.55. The average molecular weight is 291 g/mol. The Morgan fingerprint density at radius 3 is 2.60 bits per heavy atom. The number of nitrogens with zero attached hydrogens (tertiary/aromatic N) is 2. The Labute approximate surface area is 122 Å². The molecular formula is C14H15ClN4O. The van der Waals surface area contributed by atoms with E-state index in [2.05, 4.69) is 20.6 Å². The molecule has 0 aliphatic heterocycles. The molecule has 1 heterocycles. The molecule has 104 valence electrons. The molecule has 0 fully saturated rings. The van der Waals surface area contributed by atoms with Crippen molar-refractivity contribution in [3.05, 3.63) is 53.1 Å². The molecule has 0 bridgehead atoms. The van der Waals surface area contributed by atoms with Crippen molar-refractivity contribution in [3.63, 3.8) is 0 Å². The van der Waals surface area contributed by atoms with Crippen molar-refractivity contribution >= 4 is 23.2 Å². The van der Waals surface area contributed by atoms with Crippen LogP contribution in [0, 0.1) is 6.92 Å². The van der Waals surface area contributed by atoms with Crippen molar-refractivity contribution in [3.8, 4) is 0 Å². The molecule has 20 heavy (non-hydrogen) atoms. The number of aromatic nitrogens is 2. The van der Waals surface area contributed by atoms with Crippen LogP contribution in [0.15, 0.2) is 36.7 Å². The Kier molecular flexibility index (Phi) is 5.03. The predicted molar refractivity (Wildman–Crippen MR) is 78.6 cm³/mol. The lowest BCUT2D eigenvalue weighted by Crippen LogP contribution is -2.28. The fraction of sp³-hybridized carbons (Fsp3) is 0.214. The number of anilines is 1. The first kappa shape index (κ1) is 14.4. The molecule has 0 saturated heterocycles. The van der Waals surface area contributed by atoms with Gasteiger partial charge in [0.1, 0.15) is 0 Å². The van der Waals surface area contributed by atoms with E-state index >= 15 is 0 Å². The van der Waals surface area contributed by atoms with Crippen molar-refractivity contribution in [2.24, 2.45) is 0 Å². The van der Waals surface area contributed by atoms with Gasteiger partial charge in [-0.15, -0.1) is 0 Å². The number of amides is 1. The summed E-state index contributed by atoms with van der Waals surface area (Å²) in [5.41, 5.74) is 2.39. The van der Waals surface area contributed by atoms with Crippen molar-refractivity contribution in [2.45, 2.75) is 13.5 Å². The van der Waals surface area contributed by atoms with Gasteiger partial charge in [-0.2, -0.15) is 0 Å². The molecule has 2 aromatic rings. The minimum atomic E-state index is -0.118. The van der Waals surface area contributed by atoms with E-state index in [1.807, 2.05) is 6.92 Å². The molecule has 0 unspecified atom stereocenters. The Balaban J connectivity index is 1.75. The summed E-state index contributed by atoms with van der Waals surface area (Å²) in [6.07, 6.45) is 3.39. The summed E-state index contributed by atoms with van der Waals surface area (Å²) in [5.74, 6) is -0.118. The zero-order valence-electron chi connectivity index (χ0n) is 11.1. The van der Waals surface area contributed by atoms with Gasteiger partial charge in [0.2, 0.25) is 5.91 Å². The number of aryl methyl sites for hydroxylation is 1. The SMILES string of the molecule is Cc1cnc(CNCC(=O)Nc2ccc(Cl)cc2)cn1. The predicted octanol–water partition coefficient (Wildman–Crippen LogP) is 2.17. The second-order valence-corrected chi connectivity index (χ2v) is 4.74. The van der Waals surface area contributed by atoms with Gasteiger partial charge in [-0.1, -0.05) is 11.6 Å². The van der Waals surface area contributed by atoms with Crippen LogP contribution >= 0.6 is 11.6 Å². The van der Waals surface area contributed by atoms with Gasteiger partial charge in [0, 0.05) is 29.6 Å². The van der Waals surface area contributed by atoms with Gasteiger partial charge < -0.3 is 10.6 Å². The lowest BCUT2D eigenvalue weighted by Gasteiger charge is -2.06. The summed E-state index contributed by atoms with van der Waals surface area (Å²) >= 11 is 5.77. The molecule has 0 spiro atoms. The minimum absolute atomic E-state index is 0.118. The van der Waals surface area contributed by atoms with Gasteiger partial charge in [0.05, 0.1) is 17.9 Å². The summed E-state index contributed by atoms with van der Waals surface area (Å²) < 4.78 is 0. The maximum absolute atomic E-state index is 11.7. The first-order valence-electron chi connectivity index (χ1n) is 6.17. The normalized spacial score (nSPS) is 10.3. The minimum Gasteiger partial charge on any atom is -0.325 e. The second kappa shape index (κ2) is 6.98. The van der Waals surface area contributed by atoms with Gasteiger partial charge >= 0.3 is 0 Å². The van der Waals surface area contributed by atoms with E-state index in [0.717, 1.165) is 17.1 Å². The summed E-state index contributed by atoms with van der Waals surface area (Å²) in [4.78, 5) is 20.0. The third-order valence-electron chi connectivity index (χ3n) is 2.55. The molecule has 1 aromatic carbocycles. The third kappa shape index (κ3) is 4.60. The number of benzene rings is 1. The maximum Gasteiger partial charge on any atom is 0.238 e. The van der Waals surface area contributed by atoms with Crippen LogP contribution < -0.4 is 10.6 Å². The van der Waals surface area contributed by atoms with Crippen LogP contribution in [0.3, 0.4) is 0 Å². The zero-order valence-corrected chi connectivity index (χ0v) is 11.8. The highest BCUT2D eigenvalue weighted by Gasteiger charge is 2.02. The van der Waals surface area contributed by atoms with Crippen LogP contribution in [0.2, 0.25) is 5.02 Å². The quantitative estimate of drug-likeness (QED) is 0.885. The number of hydrogen-bond acceptors (Lipinski definition) is 4. The highest BCUT2D eigenvalue weighted by atomic mass is 35.5. The number of rotatable bonds is 5. The summed E-state index contributed by atoms with van der Waals surface area (Å²) in [6.45, 7) is 2.59. The molecule has 6 heteroatoms. The smallest absolute Gasteiger partial charge is 0.238 e. The van der Waals surface area contributed by atoms with E-state index in [9.17, 15) is 4.79 Å². The molecule has 0 aliphatic carbocycles. The van der Waals surface area contributed by atoms with Gasteiger partial charge in [-0.3, -0.25) is 14.8 Å². The largest absolute Gasteiger partial charge is 0.325 e. The molecule has 2 rings (SSSR count). The number of carbonyl (C=O) groups is 1. The van der Waals surface area contributed by atoms with E-state index < -0.39 is 0 Å². The topological polar surface area (TPSA) is 66.9 Å². The van der Waals surface area contributed by atoms with E-state index in [-0.39, 0.29) is 12.5 Å². The summed E-state index contributed by atoms with van der Waals surface area (Å²) in [6, 6.07) is 6.97. The standard InChI is InChI=1S/C14H15ClN4O/c1-10-6-18-13(8-17-10)7-16-9-14(20)19-12-4-2-11(15)3-5-12/h2-6,8,16H,7,9H2,1H3,(H,19,20). The van der Waals surface area contributed by atoms with E-state index in [1.165, 1.54) is 0 Å². The Hall–Kier alpha value is -1.98. The molecule has 1 amide bonds. The molecule has 0 aliphatic rings. The Morgan fingerprint density at radius 1 is 1.20 bits per heavy atom. The third-order valence-corrected chi connectivity index (χ3v) is 2.81. The van der Waals surface area contributed by atoms with Crippen LogP contribution in [0.1, 0.15) is 11.4 Å². The molecule has 5 nitrogen and oxygen atoms in total. The molecule has 2 N–H and O–H groups in total. The maximum atomic E-state index is 11.7. The Bertz CT molecular complexity index is 569. The number of hydrogen-bond donors (Lipinski definition) is 2. The first-order chi connectivity index (χ1) is 9.63. The van der Waals surface area contributed by atoms with E-state index in [0.29, 0.717) is 11.6 Å². The summed E-state index contributed by atoms with van der Waals surface area (Å²) in [7, 11) is 0.